The van der Waals surface area contributed by atoms with Gasteiger partial charge in [-0.05, 0) is 36.4 Å². The van der Waals surface area contributed by atoms with E-state index in [-0.39, 0.29) is 22.2 Å². The average molecular weight is 460 g/mol. The minimum absolute atomic E-state index is 0.0518. The summed E-state index contributed by atoms with van der Waals surface area (Å²) >= 11 is 0. The lowest BCUT2D eigenvalue weighted by Gasteiger charge is -2.38. The summed E-state index contributed by atoms with van der Waals surface area (Å²) < 4.78 is 51.7. The fraction of sp³-hybridized carbons (Fsp3) is 0.150. The number of nitrogens with one attached hydrogen (secondary N) is 1. The van der Waals surface area contributed by atoms with Gasteiger partial charge in [0.2, 0.25) is 16.0 Å². The van der Waals surface area contributed by atoms with E-state index in [1.54, 1.807) is 0 Å². The zero-order valence-electron chi connectivity index (χ0n) is 17.0. The number of anilines is 4. The molecule has 1 amide bonds. The number of carbonyl (C=O) groups excluding carboxylic acids is 1. The van der Waals surface area contributed by atoms with Crippen LogP contribution in [0.25, 0.3) is 0 Å². The van der Waals surface area contributed by atoms with E-state index in [0.717, 1.165) is 12.1 Å². The highest BCUT2D eigenvalue weighted by atomic mass is 32.2. The molecule has 2 aromatic carbocycles. The van der Waals surface area contributed by atoms with Gasteiger partial charge in [-0.1, -0.05) is 6.07 Å². The first-order chi connectivity index (χ1) is 15.1. The van der Waals surface area contributed by atoms with E-state index in [2.05, 4.69) is 15.3 Å². The number of aromatic nitrogens is 2. The zero-order valence-corrected chi connectivity index (χ0v) is 17.8. The molecule has 0 bridgehead atoms. The van der Waals surface area contributed by atoms with E-state index >= 15 is 0 Å². The molecule has 0 saturated heterocycles. The highest BCUT2D eigenvalue weighted by Crippen LogP contribution is 2.40. The molecule has 0 aliphatic carbocycles. The molecule has 166 valence electrons. The first-order valence-electron chi connectivity index (χ1n) is 9.29. The molecule has 0 unspecified atom stereocenters. The van der Waals surface area contributed by atoms with Gasteiger partial charge in [0, 0.05) is 19.8 Å². The zero-order chi connectivity index (χ0) is 23.2. The molecule has 9 nitrogen and oxygen atoms in total. The molecule has 3 aromatic rings. The molecule has 1 atom stereocenters. The van der Waals surface area contributed by atoms with E-state index in [0.29, 0.717) is 11.4 Å². The number of hydrogen-bond donors (Lipinski definition) is 2. The maximum Gasteiger partial charge on any atom is 0.254 e. The van der Waals surface area contributed by atoms with Gasteiger partial charge in [0.25, 0.3) is 5.91 Å². The van der Waals surface area contributed by atoms with Crippen molar-refractivity contribution in [1.82, 2.24) is 9.97 Å². The Hall–Kier alpha value is -3.64. The highest BCUT2D eigenvalue weighted by Gasteiger charge is 2.40. The molecule has 0 radical (unpaired) electrons. The lowest BCUT2D eigenvalue weighted by Crippen LogP contribution is -2.46. The van der Waals surface area contributed by atoms with Gasteiger partial charge in [0.1, 0.15) is 23.4 Å². The Bertz CT molecular complexity index is 1300. The van der Waals surface area contributed by atoms with Crippen LogP contribution in [-0.4, -0.2) is 38.4 Å². The minimum Gasteiger partial charge on any atom is -0.342 e. The number of carbonyl (C=O) groups is 1. The lowest BCUT2D eigenvalue weighted by atomic mass is 10.0. The number of nitrogens with zero attached hydrogens (tertiary/aromatic N) is 4. The molecule has 12 heteroatoms. The fourth-order valence-electron chi connectivity index (χ4n) is 3.46. The van der Waals surface area contributed by atoms with Crippen LogP contribution in [0.3, 0.4) is 0 Å². The van der Waals surface area contributed by atoms with Crippen LogP contribution in [0.5, 0.6) is 0 Å². The second kappa shape index (κ2) is 7.80. The maximum absolute atomic E-state index is 14.4. The van der Waals surface area contributed by atoms with Crippen molar-refractivity contribution in [1.29, 1.82) is 0 Å². The van der Waals surface area contributed by atoms with E-state index in [1.807, 2.05) is 0 Å². The fourth-order valence-corrected chi connectivity index (χ4v) is 3.97. The van der Waals surface area contributed by atoms with Gasteiger partial charge in [0.15, 0.2) is 5.82 Å². The van der Waals surface area contributed by atoms with Gasteiger partial charge in [-0.3, -0.25) is 4.79 Å². The highest BCUT2D eigenvalue weighted by molar-refractivity contribution is 7.89. The van der Waals surface area contributed by atoms with Crippen LogP contribution >= 0.6 is 0 Å². The first-order valence-corrected chi connectivity index (χ1v) is 10.8. The molecular formula is C20H18F2N6O3S. The van der Waals surface area contributed by atoms with Gasteiger partial charge < -0.3 is 15.1 Å². The van der Waals surface area contributed by atoms with Crippen molar-refractivity contribution < 1.29 is 22.0 Å². The third kappa shape index (κ3) is 3.74. The maximum atomic E-state index is 14.4. The second-order valence-electron chi connectivity index (χ2n) is 7.14. The van der Waals surface area contributed by atoms with Gasteiger partial charge in [-0.2, -0.15) is 4.98 Å². The standard InChI is InChI=1S/C20H18F2N6O3S/c1-27-15-10-24-20(25-11-6-8-12(9-7-11)32(23,30)31)26-18(15)28(2)17(19(27)29)16-13(21)4-3-5-14(16)22/h3-10,17H,1-2H3,(H2,23,30,31)(H,24,25,26)/t17-/m1/s1. The molecule has 1 aliphatic heterocycles. The summed E-state index contributed by atoms with van der Waals surface area (Å²) in [5, 5.41) is 8.01. The van der Waals surface area contributed by atoms with Crippen LogP contribution in [0.1, 0.15) is 11.6 Å². The number of rotatable bonds is 4. The molecular weight excluding hydrogens is 442 g/mol. The summed E-state index contributed by atoms with van der Waals surface area (Å²) in [7, 11) is -0.841. The number of halogens is 2. The summed E-state index contributed by atoms with van der Waals surface area (Å²) in [6.45, 7) is 0. The minimum atomic E-state index is -3.83. The summed E-state index contributed by atoms with van der Waals surface area (Å²) in [5.74, 6) is -1.80. The predicted molar refractivity (Wildman–Crippen MR) is 114 cm³/mol. The Balaban J connectivity index is 1.70. The lowest BCUT2D eigenvalue weighted by molar-refractivity contribution is -0.120. The van der Waals surface area contributed by atoms with E-state index < -0.39 is 33.6 Å². The van der Waals surface area contributed by atoms with Crippen LogP contribution in [0.2, 0.25) is 0 Å². The van der Waals surface area contributed by atoms with Crippen LogP contribution in [-0.2, 0) is 14.8 Å². The average Bonchev–Trinajstić information content (AvgIpc) is 2.74. The Morgan fingerprint density at radius 2 is 1.69 bits per heavy atom. The van der Waals surface area contributed by atoms with Crippen molar-refractivity contribution >= 4 is 39.1 Å². The molecule has 0 spiro atoms. The number of primary sulfonamides is 1. The predicted octanol–water partition coefficient (Wildman–Crippen LogP) is 2.30. The molecule has 0 saturated carbocycles. The number of amides is 1. The summed E-state index contributed by atoms with van der Waals surface area (Å²) in [6, 6.07) is 7.77. The van der Waals surface area contributed by atoms with Crippen LogP contribution in [0, 0.1) is 11.6 Å². The third-order valence-electron chi connectivity index (χ3n) is 5.11. The number of benzene rings is 2. The molecule has 1 aliphatic rings. The number of likely N-dealkylation sites (N-methyl/N-ethyl adjacent to an activating group) is 2. The van der Waals surface area contributed by atoms with E-state index in [4.69, 9.17) is 5.14 Å². The van der Waals surface area contributed by atoms with Crippen molar-refractivity contribution in [2.24, 2.45) is 5.14 Å². The molecule has 3 N–H and O–H groups in total. The number of hydrogen-bond acceptors (Lipinski definition) is 7. The van der Waals surface area contributed by atoms with Gasteiger partial charge in [-0.15, -0.1) is 0 Å². The largest absolute Gasteiger partial charge is 0.342 e. The quantitative estimate of drug-likeness (QED) is 0.613. The SMILES string of the molecule is CN1C(=O)[C@@H](c2c(F)cccc2F)N(C)c2nc(Nc3ccc(S(N)(=O)=O)cc3)ncc21. The summed E-state index contributed by atoms with van der Waals surface area (Å²) in [6.07, 6.45) is 1.41. The summed E-state index contributed by atoms with van der Waals surface area (Å²) in [5.41, 5.74) is 0.474. The number of sulfonamides is 1. The molecule has 32 heavy (non-hydrogen) atoms. The third-order valence-corrected chi connectivity index (χ3v) is 6.04. The Morgan fingerprint density at radius 1 is 1.06 bits per heavy atom. The smallest absolute Gasteiger partial charge is 0.254 e. The second-order valence-corrected chi connectivity index (χ2v) is 8.70. The molecule has 1 aromatic heterocycles. The van der Waals surface area contributed by atoms with Crippen molar-refractivity contribution in [3.8, 4) is 0 Å². The van der Waals surface area contributed by atoms with Crippen molar-refractivity contribution in [2.45, 2.75) is 10.9 Å². The van der Waals surface area contributed by atoms with Gasteiger partial charge >= 0.3 is 0 Å². The van der Waals surface area contributed by atoms with Gasteiger partial charge in [-0.25, -0.2) is 27.3 Å². The van der Waals surface area contributed by atoms with Crippen LogP contribution in [0.15, 0.2) is 53.6 Å². The number of fused-ring (bicyclic) bond motifs is 1. The molecule has 4 rings (SSSR count). The normalized spacial score (nSPS) is 16.2. The Kier molecular flexibility index (Phi) is 5.26. The van der Waals surface area contributed by atoms with Gasteiger partial charge in [0.05, 0.1) is 16.7 Å². The van der Waals surface area contributed by atoms with Crippen molar-refractivity contribution in [2.75, 3.05) is 29.2 Å². The monoisotopic (exact) mass is 460 g/mol. The van der Waals surface area contributed by atoms with Crippen molar-refractivity contribution in [3.05, 3.63) is 65.9 Å². The summed E-state index contributed by atoms with van der Waals surface area (Å²) in [4.78, 5) is 24.1. The van der Waals surface area contributed by atoms with E-state index in [1.165, 1.54) is 60.4 Å². The van der Waals surface area contributed by atoms with Crippen molar-refractivity contribution in [3.63, 3.8) is 0 Å². The van der Waals surface area contributed by atoms with Crippen LogP contribution in [0.4, 0.5) is 31.9 Å². The topological polar surface area (TPSA) is 122 Å². The van der Waals surface area contributed by atoms with E-state index in [9.17, 15) is 22.0 Å². The molecule has 0 fully saturated rings. The number of nitrogens with two attached hydrogens (primary N) is 1. The Labute approximate surface area is 182 Å². The Morgan fingerprint density at radius 3 is 2.28 bits per heavy atom. The van der Waals surface area contributed by atoms with Crippen LogP contribution < -0.4 is 20.3 Å². The first kappa shape index (κ1) is 21.6. The molecule has 2 heterocycles.